The van der Waals surface area contributed by atoms with Gasteiger partial charge in [-0.1, -0.05) is 12.1 Å². The molecule has 0 spiro atoms. The fourth-order valence-corrected chi connectivity index (χ4v) is 2.82. The van der Waals surface area contributed by atoms with E-state index in [2.05, 4.69) is 4.90 Å². The quantitative estimate of drug-likeness (QED) is 0.574. The van der Waals surface area contributed by atoms with Crippen LogP contribution in [-0.4, -0.2) is 29.5 Å². The maximum atomic E-state index is 12.4. The molecule has 3 nitrogen and oxygen atoms in total. The van der Waals surface area contributed by atoms with Crippen molar-refractivity contribution in [1.29, 1.82) is 0 Å². The van der Waals surface area contributed by atoms with Gasteiger partial charge in [-0.05, 0) is 43.4 Å². The fourth-order valence-electron chi connectivity index (χ4n) is 2.41. The molecule has 1 saturated carbocycles. The molecule has 2 aromatic rings. The monoisotopic (exact) mass is 301 g/mol. The second-order valence-electron chi connectivity index (χ2n) is 5.37. The summed E-state index contributed by atoms with van der Waals surface area (Å²) in [5, 5.41) is 0. The third-order valence-corrected chi connectivity index (χ3v) is 4.50. The minimum absolute atomic E-state index is 0.182. The lowest BCUT2D eigenvalue weighted by Crippen LogP contribution is -2.31. The highest BCUT2D eigenvalue weighted by Gasteiger charge is 2.30. The minimum Gasteiger partial charge on any atom is -0.468 e. The zero-order valence-electron chi connectivity index (χ0n) is 12.1. The Morgan fingerprint density at radius 3 is 2.62 bits per heavy atom. The molecule has 1 fully saturated rings. The zero-order chi connectivity index (χ0) is 14.7. The minimum atomic E-state index is 0.182. The predicted molar refractivity (Wildman–Crippen MR) is 84.7 cm³/mol. The molecule has 3 rings (SSSR count). The molecule has 1 aromatic carbocycles. The normalized spacial score (nSPS) is 14.6. The van der Waals surface area contributed by atoms with Gasteiger partial charge in [0.15, 0.2) is 5.78 Å². The van der Waals surface area contributed by atoms with E-state index >= 15 is 0 Å². The van der Waals surface area contributed by atoms with Crippen molar-refractivity contribution in [3.05, 3.63) is 54.0 Å². The first-order valence-electron chi connectivity index (χ1n) is 7.20. The van der Waals surface area contributed by atoms with Gasteiger partial charge in [0, 0.05) is 16.5 Å². The van der Waals surface area contributed by atoms with Crippen LogP contribution in [0.1, 0.15) is 29.0 Å². The van der Waals surface area contributed by atoms with Gasteiger partial charge in [0.1, 0.15) is 5.76 Å². The maximum Gasteiger partial charge on any atom is 0.176 e. The van der Waals surface area contributed by atoms with Crippen LogP contribution in [0.15, 0.2) is 52.0 Å². The van der Waals surface area contributed by atoms with E-state index in [0.29, 0.717) is 19.1 Å². The summed E-state index contributed by atoms with van der Waals surface area (Å²) >= 11 is 1.69. The molecule has 0 N–H and O–H groups in total. The highest BCUT2D eigenvalue weighted by atomic mass is 32.2. The molecule has 0 unspecified atom stereocenters. The van der Waals surface area contributed by atoms with E-state index in [1.54, 1.807) is 18.0 Å². The smallest absolute Gasteiger partial charge is 0.176 e. The number of benzene rings is 1. The molecule has 4 heteroatoms. The first-order valence-corrected chi connectivity index (χ1v) is 8.42. The molecule has 1 aliphatic rings. The summed E-state index contributed by atoms with van der Waals surface area (Å²) in [6.45, 7) is 1.18. The van der Waals surface area contributed by atoms with E-state index in [1.807, 2.05) is 42.7 Å². The van der Waals surface area contributed by atoms with Crippen LogP contribution in [0.25, 0.3) is 0 Å². The van der Waals surface area contributed by atoms with Crippen molar-refractivity contribution in [3.63, 3.8) is 0 Å². The van der Waals surface area contributed by atoms with Crippen LogP contribution in [0.5, 0.6) is 0 Å². The second kappa shape index (κ2) is 6.50. The van der Waals surface area contributed by atoms with Crippen molar-refractivity contribution in [2.75, 3.05) is 12.8 Å². The van der Waals surface area contributed by atoms with Crippen molar-refractivity contribution in [1.82, 2.24) is 4.90 Å². The lowest BCUT2D eigenvalue weighted by Gasteiger charge is -2.19. The Morgan fingerprint density at radius 2 is 2.05 bits per heavy atom. The highest BCUT2D eigenvalue weighted by Crippen LogP contribution is 2.28. The number of furan rings is 1. The van der Waals surface area contributed by atoms with E-state index in [1.165, 1.54) is 17.7 Å². The molecule has 0 atom stereocenters. The lowest BCUT2D eigenvalue weighted by atomic mass is 10.1. The number of carbonyl (C=O) groups is 1. The predicted octanol–water partition coefficient (Wildman–Crippen LogP) is 3.85. The standard InChI is InChI=1S/C17H19NO2S/c1-21-16-8-4-13(5-9-16)17(19)12-18(14-6-7-14)11-15-3-2-10-20-15/h2-5,8-10,14H,6-7,11-12H2,1H3. The van der Waals surface area contributed by atoms with Crippen molar-refractivity contribution in [2.45, 2.75) is 30.3 Å². The van der Waals surface area contributed by atoms with Gasteiger partial charge < -0.3 is 4.42 Å². The number of thioether (sulfide) groups is 1. The van der Waals surface area contributed by atoms with Crippen LogP contribution in [0.3, 0.4) is 0 Å². The van der Waals surface area contributed by atoms with Gasteiger partial charge in [-0.15, -0.1) is 11.8 Å². The molecule has 110 valence electrons. The molecule has 1 aliphatic carbocycles. The molecule has 21 heavy (non-hydrogen) atoms. The first kappa shape index (κ1) is 14.4. The lowest BCUT2D eigenvalue weighted by molar-refractivity contribution is 0.0913. The average molecular weight is 301 g/mol. The number of nitrogens with zero attached hydrogens (tertiary/aromatic N) is 1. The molecule has 1 aromatic heterocycles. The van der Waals surface area contributed by atoms with Crippen LogP contribution in [-0.2, 0) is 6.54 Å². The van der Waals surface area contributed by atoms with E-state index in [4.69, 9.17) is 4.42 Å². The molecule has 0 amide bonds. The van der Waals surface area contributed by atoms with Crippen molar-refractivity contribution in [3.8, 4) is 0 Å². The van der Waals surface area contributed by atoms with E-state index in [-0.39, 0.29) is 5.78 Å². The second-order valence-corrected chi connectivity index (χ2v) is 6.25. The number of ketones is 1. The van der Waals surface area contributed by atoms with Crippen LogP contribution in [0.4, 0.5) is 0 Å². The highest BCUT2D eigenvalue weighted by molar-refractivity contribution is 7.98. The van der Waals surface area contributed by atoms with Gasteiger partial charge in [0.05, 0.1) is 19.4 Å². The van der Waals surface area contributed by atoms with Gasteiger partial charge in [0.25, 0.3) is 0 Å². The first-order chi connectivity index (χ1) is 10.3. The van der Waals surface area contributed by atoms with Crippen LogP contribution in [0, 0.1) is 0 Å². The van der Waals surface area contributed by atoms with Crippen molar-refractivity contribution in [2.24, 2.45) is 0 Å². The van der Waals surface area contributed by atoms with E-state index < -0.39 is 0 Å². The number of hydrogen-bond acceptors (Lipinski definition) is 4. The van der Waals surface area contributed by atoms with Crippen LogP contribution >= 0.6 is 11.8 Å². The summed E-state index contributed by atoms with van der Waals surface area (Å²) in [7, 11) is 0. The number of rotatable bonds is 7. The number of Topliss-reactive ketones (excluding diaryl/α,β-unsaturated/α-hetero) is 1. The molecule has 0 bridgehead atoms. The number of hydrogen-bond donors (Lipinski definition) is 0. The Balaban J connectivity index is 1.65. The molecule has 1 heterocycles. The van der Waals surface area contributed by atoms with Crippen molar-refractivity contribution >= 4 is 17.5 Å². The Labute approximate surface area is 129 Å². The van der Waals surface area contributed by atoms with E-state index in [0.717, 1.165) is 11.3 Å². The fraction of sp³-hybridized carbons (Fsp3) is 0.353. The molecule has 0 aliphatic heterocycles. The molecular weight excluding hydrogens is 282 g/mol. The third-order valence-electron chi connectivity index (χ3n) is 3.76. The average Bonchev–Trinajstić information content (AvgIpc) is 3.24. The summed E-state index contributed by atoms with van der Waals surface area (Å²) in [5.41, 5.74) is 0.790. The van der Waals surface area contributed by atoms with Gasteiger partial charge in [-0.2, -0.15) is 0 Å². The molecule has 0 saturated heterocycles. The van der Waals surface area contributed by atoms with Gasteiger partial charge in [-0.25, -0.2) is 0 Å². The summed E-state index contributed by atoms with van der Waals surface area (Å²) in [4.78, 5) is 15.8. The number of carbonyl (C=O) groups excluding carboxylic acids is 1. The largest absolute Gasteiger partial charge is 0.468 e. The van der Waals surface area contributed by atoms with Crippen LogP contribution in [0.2, 0.25) is 0 Å². The Morgan fingerprint density at radius 1 is 1.29 bits per heavy atom. The zero-order valence-corrected chi connectivity index (χ0v) is 12.9. The van der Waals surface area contributed by atoms with Gasteiger partial charge in [-0.3, -0.25) is 9.69 Å². The maximum absolute atomic E-state index is 12.4. The third kappa shape index (κ3) is 3.77. The Kier molecular flexibility index (Phi) is 4.46. The summed E-state index contributed by atoms with van der Waals surface area (Å²) < 4.78 is 5.40. The Hall–Kier alpha value is -1.52. The summed E-state index contributed by atoms with van der Waals surface area (Å²) in [6.07, 6.45) is 6.08. The molecular formula is C17H19NO2S. The van der Waals surface area contributed by atoms with Crippen LogP contribution < -0.4 is 0 Å². The van der Waals surface area contributed by atoms with E-state index in [9.17, 15) is 4.79 Å². The summed E-state index contributed by atoms with van der Waals surface area (Å²) in [6, 6.07) is 12.2. The summed E-state index contributed by atoms with van der Waals surface area (Å²) in [5.74, 6) is 1.11. The van der Waals surface area contributed by atoms with Gasteiger partial charge >= 0.3 is 0 Å². The van der Waals surface area contributed by atoms with Gasteiger partial charge in [0.2, 0.25) is 0 Å². The Bertz CT molecular complexity index is 588. The SMILES string of the molecule is CSc1ccc(C(=O)CN(Cc2ccco2)C2CC2)cc1. The van der Waals surface area contributed by atoms with Crippen molar-refractivity contribution < 1.29 is 9.21 Å². The topological polar surface area (TPSA) is 33.5 Å². The molecule has 0 radical (unpaired) electrons.